The zero-order valence-corrected chi connectivity index (χ0v) is 13.4. The first-order valence-electron chi connectivity index (χ1n) is 6.49. The highest BCUT2D eigenvalue weighted by Crippen LogP contribution is 2.28. The number of amides is 1. The third-order valence-corrected chi connectivity index (χ3v) is 3.81. The van der Waals surface area contributed by atoms with Crippen molar-refractivity contribution in [1.29, 1.82) is 0 Å². The number of non-ortho nitro benzene ring substituents is 1. The van der Waals surface area contributed by atoms with Crippen molar-refractivity contribution in [2.45, 2.75) is 13.0 Å². The average molecular weight is 357 g/mol. The average Bonchev–Trinajstić information content (AvgIpc) is 2.50. The van der Waals surface area contributed by atoms with Crippen molar-refractivity contribution < 1.29 is 14.1 Å². The number of benzene rings is 2. The van der Waals surface area contributed by atoms with Crippen LogP contribution in [-0.4, -0.2) is 10.8 Å². The number of carbonyl (C=O) groups is 1. The molecule has 2 aromatic rings. The number of rotatable bonds is 4. The largest absolute Gasteiger partial charge is 0.345 e. The molecule has 23 heavy (non-hydrogen) atoms. The van der Waals surface area contributed by atoms with Gasteiger partial charge in [-0.05, 0) is 36.8 Å². The molecule has 2 aromatic carbocycles. The van der Waals surface area contributed by atoms with E-state index in [1.54, 1.807) is 6.92 Å². The molecule has 8 heteroatoms. The van der Waals surface area contributed by atoms with Crippen LogP contribution in [0.3, 0.4) is 0 Å². The van der Waals surface area contributed by atoms with Gasteiger partial charge in [0, 0.05) is 22.7 Å². The summed E-state index contributed by atoms with van der Waals surface area (Å²) in [7, 11) is 0. The van der Waals surface area contributed by atoms with Crippen LogP contribution in [0.2, 0.25) is 10.0 Å². The maximum absolute atomic E-state index is 13.5. The van der Waals surface area contributed by atoms with E-state index in [-0.39, 0.29) is 21.3 Å². The standard InChI is InChI=1S/C15H11Cl2FN2O3/c1-8(11-6-14(18)13(17)7-12(11)16)19-15(21)9-2-4-10(5-3-9)20(22)23/h2-8H,1H3,(H,19,21)/t8-/m1/s1. The second-order valence-electron chi connectivity index (χ2n) is 4.79. The van der Waals surface area contributed by atoms with Gasteiger partial charge in [-0.1, -0.05) is 23.2 Å². The van der Waals surface area contributed by atoms with E-state index in [9.17, 15) is 19.3 Å². The smallest absolute Gasteiger partial charge is 0.269 e. The van der Waals surface area contributed by atoms with Gasteiger partial charge in [0.2, 0.25) is 0 Å². The molecular formula is C15H11Cl2FN2O3. The van der Waals surface area contributed by atoms with Crippen LogP contribution in [0.5, 0.6) is 0 Å². The highest BCUT2D eigenvalue weighted by atomic mass is 35.5. The lowest BCUT2D eigenvalue weighted by Crippen LogP contribution is -2.26. The van der Waals surface area contributed by atoms with Gasteiger partial charge in [0.1, 0.15) is 5.82 Å². The molecule has 0 aliphatic rings. The van der Waals surface area contributed by atoms with E-state index >= 15 is 0 Å². The Morgan fingerprint density at radius 1 is 1.22 bits per heavy atom. The van der Waals surface area contributed by atoms with Crippen LogP contribution < -0.4 is 5.32 Å². The minimum Gasteiger partial charge on any atom is -0.345 e. The fourth-order valence-corrected chi connectivity index (χ4v) is 2.51. The summed E-state index contributed by atoms with van der Waals surface area (Å²) in [6.07, 6.45) is 0. The van der Waals surface area contributed by atoms with Gasteiger partial charge < -0.3 is 5.32 Å². The van der Waals surface area contributed by atoms with Crippen molar-refractivity contribution in [2.75, 3.05) is 0 Å². The first-order valence-corrected chi connectivity index (χ1v) is 7.25. The normalized spacial score (nSPS) is 11.8. The molecule has 0 spiro atoms. The first kappa shape index (κ1) is 17.2. The molecule has 0 saturated carbocycles. The van der Waals surface area contributed by atoms with Gasteiger partial charge in [-0.25, -0.2) is 4.39 Å². The maximum Gasteiger partial charge on any atom is 0.269 e. The van der Waals surface area contributed by atoms with Crippen LogP contribution in [-0.2, 0) is 0 Å². The highest BCUT2D eigenvalue weighted by molar-refractivity contribution is 6.35. The summed E-state index contributed by atoms with van der Waals surface area (Å²) in [6.45, 7) is 1.64. The summed E-state index contributed by atoms with van der Waals surface area (Å²) in [4.78, 5) is 22.2. The Morgan fingerprint density at radius 2 is 1.83 bits per heavy atom. The summed E-state index contributed by atoms with van der Waals surface area (Å²) >= 11 is 11.6. The van der Waals surface area contributed by atoms with Crippen molar-refractivity contribution in [2.24, 2.45) is 0 Å². The molecule has 0 aliphatic heterocycles. The molecule has 0 bridgehead atoms. The quantitative estimate of drug-likeness (QED) is 0.496. The lowest BCUT2D eigenvalue weighted by atomic mass is 10.1. The van der Waals surface area contributed by atoms with Gasteiger partial charge in [-0.15, -0.1) is 0 Å². The van der Waals surface area contributed by atoms with Crippen molar-refractivity contribution in [3.63, 3.8) is 0 Å². The molecule has 0 fully saturated rings. The van der Waals surface area contributed by atoms with Crippen molar-refractivity contribution in [3.05, 3.63) is 73.5 Å². The molecule has 120 valence electrons. The number of hydrogen-bond acceptors (Lipinski definition) is 3. The Balaban J connectivity index is 2.16. The van der Waals surface area contributed by atoms with Crippen LogP contribution in [0.1, 0.15) is 28.9 Å². The van der Waals surface area contributed by atoms with Gasteiger partial charge in [-0.2, -0.15) is 0 Å². The topological polar surface area (TPSA) is 72.2 Å². The van der Waals surface area contributed by atoms with Crippen molar-refractivity contribution in [1.82, 2.24) is 5.32 Å². The minimum atomic E-state index is -0.637. The second kappa shape index (κ2) is 6.93. The molecular weight excluding hydrogens is 346 g/mol. The second-order valence-corrected chi connectivity index (χ2v) is 5.60. The summed E-state index contributed by atoms with van der Waals surface area (Å²) in [5.41, 5.74) is 0.509. The van der Waals surface area contributed by atoms with Crippen LogP contribution >= 0.6 is 23.2 Å². The first-order chi connectivity index (χ1) is 10.8. The monoisotopic (exact) mass is 356 g/mol. The van der Waals surface area contributed by atoms with E-state index in [2.05, 4.69) is 5.32 Å². The van der Waals surface area contributed by atoms with Gasteiger partial charge in [0.15, 0.2) is 0 Å². The molecule has 1 atom stereocenters. The molecule has 0 aromatic heterocycles. The van der Waals surface area contributed by atoms with E-state index in [0.29, 0.717) is 5.56 Å². The third kappa shape index (κ3) is 3.97. The van der Waals surface area contributed by atoms with Crippen LogP contribution in [0.15, 0.2) is 36.4 Å². The fraction of sp³-hybridized carbons (Fsp3) is 0.133. The molecule has 1 amide bonds. The van der Waals surface area contributed by atoms with Gasteiger partial charge in [0.25, 0.3) is 11.6 Å². The minimum absolute atomic E-state index is 0.104. The molecule has 0 heterocycles. The predicted molar refractivity (Wildman–Crippen MR) is 85.4 cm³/mol. The summed E-state index contributed by atoms with van der Waals surface area (Å²) in [6, 6.07) is 6.99. The molecule has 0 radical (unpaired) electrons. The van der Waals surface area contributed by atoms with E-state index in [4.69, 9.17) is 23.2 Å². The Bertz CT molecular complexity index is 766. The number of nitrogens with zero attached hydrogens (tertiary/aromatic N) is 1. The predicted octanol–water partition coefficient (Wildman–Crippen LogP) is 4.53. The Kier molecular flexibility index (Phi) is 5.18. The summed E-state index contributed by atoms with van der Waals surface area (Å²) in [5, 5.41) is 13.4. The molecule has 0 saturated heterocycles. The number of hydrogen-bond donors (Lipinski definition) is 1. The Labute approximate surface area is 141 Å². The molecule has 2 rings (SSSR count). The summed E-state index contributed by atoms with van der Waals surface area (Å²) < 4.78 is 13.5. The van der Waals surface area contributed by atoms with Crippen LogP contribution in [0, 0.1) is 15.9 Å². The maximum atomic E-state index is 13.5. The van der Waals surface area contributed by atoms with Gasteiger partial charge in [0.05, 0.1) is 16.0 Å². The molecule has 0 aliphatic carbocycles. The van der Waals surface area contributed by atoms with Crippen molar-refractivity contribution >= 4 is 34.8 Å². The Morgan fingerprint density at radius 3 is 2.39 bits per heavy atom. The lowest BCUT2D eigenvalue weighted by molar-refractivity contribution is -0.384. The lowest BCUT2D eigenvalue weighted by Gasteiger charge is -2.16. The van der Waals surface area contributed by atoms with Gasteiger partial charge >= 0.3 is 0 Å². The zero-order valence-electron chi connectivity index (χ0n) is 11.8. The number of nitro groups is 1. The fourth-order valence-electron chi connectivity index (χ4n) is 1.96. The van der Waals surface area contributed by atoms with E-state index in [1.165, 1.54) is 30.3 Å². The van der Waals surface area contributed by atoms with Crippen LogP contribution in [0.25, 0.3) is 0 Å². The molecule has 0 unspecified atom stereocenters. The number of carbonyl (C=O) groups excluding carboxylic acids is 1. The summed E-state index contributed by atoms with van der Waals surface area (Å²) in [5.74, 6) is -1.10. The Hall–Kier alpha value is -2.18. The number of halogens is 3. The van der Waals surface area contributed by atoms with E-state index in [1.807, 2.05) is 0 Å². The van der Waals surface area contributed by atoms with E-state index < -0.39 is 22.7 Å². The van der Waals surface area contributed by atoms with Gasteiger partial charge in [-0.3, -0.25) is 14.9 Å². The molecule has 5 nitrogen and oxygen atoms in total. The third-order valence-electron chi connectivity index (χ3n) is 3.19. The number of nitro benzene ring substituents is 1. The van der Waals surface area contributed by atoms with Crippen molar-refractivity contribution in [3.8, 4) is 0 Å². The number of nitrogens with one attached hydrogen (secondary N) is 1. The van der Waals surface area contributed by atoms with Crippen LogP contribution in [0.4, 0.5) is 10.1 Å². The van der Waals surface area contributed by atoms with E-state index in [0.717, 1.165) is 6.07 Å². The molecule has 1 N–H and O–H groups in total. The SMILES string of the molecule is C[C@@H](NC(=O)c1ccc([N+](=O)[O-])cc1)c1cc(F)c(Cl)cc1Cl. The highest BCUT2D eigenvalue weighted by Gasteiger charge is 2.17. The zero-order chi connectivity index (χ0) is 17.1.